The molecular formula is C9H10ClNO3. The minimum Gasteiger partial charge on any atom is -0.440 e. The summed E-state index contributed by atoms with van der Waals surface area (Å²) in [4.78, 5) is 22.2. The first-order valence-electron chi connectivity index (χ1n) is 4.07. The van der Waals surface area contributed by atoms with E-state index in [0.29, 0.717) is 0 Å². The van der Waals surface area contributed by atoms with Crippen molar-refractivity contribution in [1.82, 2.24) is 5.32 Å². The maximum absolute atomic E-state index is 11.4. The molecule has 1 aromatic heterocycles. The predicted octanol–water partition coefficient (Wildman–Crippen LogP) is 1.64. The zero-order chi connectivity index (χ0) is 10.7. The van der Waals surface area contributed by atoms with Gasteiger partial charge in [-0.15, -0.1) is 0 Å². The highest BCUT2D eigenvalue weighted by molar-refractivity contribution is 6.29. The van der Waals surface area contributed by atoms with Crippen molar-refractivity contribution in [2.75, 3.05) is 0 Å². The molecule has 1 aromatic rings. The smallest absolute Gasteiger partial charge is 0.287 e. The molecule has 0 saturated heterocycles. The molecule has 1 heterocycles. The molecule has 1 atom stereocenters. The van der Waals surface area contributed by atoms with Crippen LogP contribution in [0.5, 0.6) is 0 Å². The Labute approximate surface area is 86.2 Å². The SMILES string of the molecule is CC(=O)C(C)NC(=O)c1ccc(Cl)o1. The van der Waals surface area contributed by atoms with Crippen LogP contribution in [0.1, 0.15) is 24.4 Å². The van der Waals surface area contributed by atoms with Gasteiger partial charge < -0.3 is 9.73 Å². The fraction of sp³-hybridized carbons (Fsp3) is 0.333. The number of ketones is 1. The van der Waals surface area contributed by atoms with Crippen molar-refractivity contribution >= 4 is 23.3 Å². The van der Waals surface area contributed by atoms with Crippen molar-refractivity contribution in [3.63, 3.8) is 0 Å². The van der Waals surface area contributed by atoms with Crippen molar-refractivity contribution in [3.8, 4) is 0 Å². The molecule has 1 N–H and O–H groups in total. The van der Waals surface area contributed by atoms with Gasteiger partial charge in [-0.3, -0.25) is 9.59 Å². The van der Waals surface area contributed by atoms with Gasteiger partial charge in [0.1, 0.15) is 0 Å². The van der Waals surface area contributed by atoms with Crippen LogP contribution in [0.2, 0.25) is 5.22 Å². The summed E-state index contributed by atoms with van der Waals surface area (Å²) < 4.78 is 4.87. The van der Waals surface area contributed by atoms with Crippen molar-refractivity contribution in [2.45, 2.75) is 19.9 Å². The summed E-state index contributed by atoms with van der Waals surface area (Å²) in [7, 11) is 0. The Morgan fingerprint density at radius 2 is 2.14 bits per heavy atom. The molecule has 14 heavy (non-hydrogen) atoms. The summed E-state index contributed by atoms with van der Waals surface area (Å²) in [5.74, 6) is -0.460. The van der Waals surface area contributed by atoms with Crippen molar-refractivity contribution in [3.05, 3.63) is 23.1 Å². The van der Waals surface area contributed by atoms with Gasteiger partial charge in [-0.05, 0) is 37.6 Å². The molecule has 0 aliphatic rings. The molecule has 0 saturated carbocycles. The van der Waals surface area contributed by atoms with Crippen LogP contribution in [0.3, 0.4) is 0 Å². The molecule has 1 rings (SSSR count). The van der Waals surface area contributed by atoms with Crippen LogP contribution in [0.25, 0.3) is 0 Å². The molecule has 4 nitrogen and oxygen atoms in total. The van der Waals surface area contributed by atoms with Crippen LogP contribution >= 0.6 is 11.6 Å². The molecule has 0 aromatic carbocycles. The Balaban J connectivity index is 2.63. The van der Waals surface area contributed by atoms with Crippen molar-refractivity contribution < 1.29 is 14.0 Å². The second-order valence-corrected chi connectivity index (χ2v) is 3.28. The molecule has 0 spiro atoms. The molecule has 76 valence electrons. The minimum atomic E-state index is -0.522. The summed E-state index contributed by atoms with van der Waals surface area (Å²) in [5, 5.41) is 2.61. The zero-order valence-electron chi connectivity index (χ0n) is 7.83. The number of furan rings is 1. The third-order valence-electron chi connectivity index (χ3n) is 1.75. The number of hydrogen-bond acceptors (Lipinski definition) is 3. The monoisotopic (exact) mass is 215 g/mol. The van der Waals surface area contributed by atoms with E-state index in [1.165, 1.54) is 19.1 Å². The number of carbonyl (C=O) groups excluding carboxylic acids is 2. The van der Waals surface area contributed by atoms with E-state index in [1.54, 1.807) is 6.92 Å². The molecule has 0 radical (unpaired) electrons. The van der Waals surface area contributed by atoms with Crippen LogP contribution in [0, 0.1) is 0 Å². The number of nitrogens with one attached hydrogen (secondary N) is 1. The standard InChI is InChI=1S/C9H10ClNO3/c1-5(6(2)12)11-9(13)7-3-4-8(10)14-7/h3-5H,1-2H3,(H,11,13). The molecule has 0 fully saturated rings. The second kappa shape index (κ2) is 4.28. The second-order valence-electron chi connectivity index (χ2n) is 2.91. The fourth-order valence-electron chi connectivity index (χ4n) is 0.806. The number of rotatable bonds is 3. The highest BCUT2D eigenvalue weighted by Crippen LogP contribution is 2.12. The lowest BCUT2D eigenvalue weighted by Gasteiger charge is -2.08. The Hall–Kier alpha value is -1.29. The molecular weight excluding hydrogens is 206 g/mol. The summed E-state index contributed by atoms with van der Waals surface area (Å²) >= 11 is 5.49. The van der Waals surface area contributed by atoms with E-state index in [9.17, 15) is 9.59 Å². The topological polar surface area (TPSA) is 59.3 Å². The van der Waals surface area contributed by atoms with Crippen molar-refractivity contribution in [2.24, 2.45) is 0 Å². The van der Waals surface area contributed by atoms with Gasteiger partial charge in [0.2, 0.25) is 0 Å². The molecule has 1 amide bonds. The third kappa shape index (κ3) is 2.60. The van der Waals surface area contributed by atoms with E-state index in [1.807, 2.05) is 0 Å². The molecule has 5 heteroatoms. The number of Topliss-reactive ketones (excluding diaryl/α,β-unsaturated/α-hetero) is 1. The Morgan fingerprint density at radius 1 is 1.50 bits per heavy atom. The van der Waals surface area contributed by atoms with E-state index in [4.69, 9.17) is 16.0 Å². The normalized spacial score (nSPS) is 12.2. The lowest BCUT2D eigenvalue weighted by molar-refractivity contribution is -0.118. The number of halogens is 1. The highest BCUT2D eigenvalue weighted by Gasteiger charge is 2.15. The van der Waals surface area contributed by atoms with E-state index in [2.05, 4.69) is 5.32 Å². The molecule has 0 aliphatic heterocycles. The lowest BCUT2D eigenvalue weighted by Crippen LogP contribution is -2.37. The summed E-state index contributed by atoms with van der Waals surface area (Å²) in [5.41, 5.74) is 0. The van der Waals surface area contributed by atoms with Gasteiger partial charge in [0.15, 0.2) is 16.8 Å². The fourth-order valence-corrected chi connectivity index (χ4v) is 0.952. The summed E-state index contributed by atoms with van der Waals surface area (Å²) in [6, 6.07) is 2.39. The molecule has 0 bridgehead atoms. The van der Waals surface area contributed by atoms with Gasteiger partial charge in [0, 0.05) is 0 Å². The molecule has 0 aliphatic carbocycles. The Kier molecular flexibility index (Phi) is 3.30. The maximum Gasteiger partial charge on any atom is 0.287 e. The first-order chi connectivity index (χ1) is 6.50. The summed E-state index contributed by atoms with van der Waals surface area (Å²) in [6.45, 7) is 3.00. The van der Waals surface area contributed by atoms with Crippen molar-refractivity contribution in [1.29, 1.82) is 0 Å². The first-order valence-corrected chi connectivity index (χ1v) is 4.45. The third-order valence-corrected chi connectivity index (χ3v) is 1.96. The van der Waals surface area contributed by atoms with Gasteiger partial charge in [-0.2, -0.15) is 0 Å². The number of amides is 1. The average Bonchev–Trinajstić information content (AvgIpc) is 2.51. The van der Waals surface area contributed by atoms with E-state index < -0.39 is 11.9 Å². The van der Waals surface area contributed by atoms with Gasteiger partial charge >= 0.3 is 0 Å². The van der Waals surface area contributed by atoms with Gasteiger partial charge in [0.25, 0.3) is 5.91 Å². The van der Waals surface area contributed by atoms with Gasteiger partial charge in [-0.25, -0.2) is 0 Å². The molecule has 1 unspecified atom stereocenters. The van der Waals surface area contributed by atoms with Crippen LogP contribution in [-0.2, 0) is 4.79 Å². The van der Waals surface area contributed by atoms with E-state index in [-0.39, 0.29) is 16.8 Å². The zero-order valence-corrected chi connectivity index (χ0v) is 8.59. The average molecular weight is 216 g/mol. The predicted molar refractivity (Wildman–Crippen MR) is 51.3 cm³/mol. The minimum absolute atomic E-state index is 0.100. The van der Waals surface area contributed by atoms with Crippen LogP contribution in [0.15, 0.2) is 16.5 Å². The largest absolute Gasteiger partial charge is 0.440 e. The maximum atomic E-state index is 11.4. The Bertz CT molecular complexity index is 359. The number of carbonyl (C=O) groups is 2. The van der Waals surface area contributed by atoms with Gasteiger partial charge in [-0.1, -0.05) is 0 Å². The summed E-state index contributed by atoms with van der Waals surface area (Å²) in [6.07, 6.45) is 0. The van der Waals surface area contributed by atoms with Crippen LogP contribution in [-0.4, -0.2) is 17.7 Å². The quantitative estimate of drug-likeness (QED) is 0.834. The van der Waals surface area contributed by atoms with E-state index >= 15 is 0 Å². The highest BCUT2D eigenvalue weighted by atomic mass is 35.5. The Morgan fingerprint density at radius 3 is 2.57 bits per heavy atom. The number of hydrogen-bond donors (Lipinski definition) is 1. The van der Waals surface area contributed by atoms with E-state index in [0.717, 1.165) is 0 Å². The lowest BCUT2D eigenvalue weighted by atomic mass is 10.2. The van der Waals surface area contributed by atoms with Crippen LogP contribution in [0.4, 0.5) is 0 Å². The van der Waals surface area contributed by atoms with Crippen LogP contribution < -0.4 is 5.32 Å². The van der Waals surface area contributed by atoms with Gasteiger partial charge in [0.05, 0.1) is 6.04 Å². The first kappa shape index (κ1) is 10.8.